The summed E-state index contributed by atoms with van der Waals surface area (Å²) in [5, 5.41) is 3.11. The van der Waals surface area contributed by atoms with Crippen molar-refractivity contribution in [3.63, 3.8) is 0 Å². The number of carbonyl (C=O) groups excluding carboxylic acids is 1. The minimum Gasteiger partial charge on any atom is -0.476 e. The van der Waals surface area contributed by atoms with E-state index in [1.54, 1.807) is 24.3 Å². The van der Waals surface area contributed by atoms with Crippen LogP contribution in [0.1, 0.15) is 0 Å². The molecular formula is C18H19ClN2O5S. The number of ether oxygens (including phenoxy) is 2. The summed E-state index contributed by atoms with van der Waals surface area (Å²) >= 11 is 5.86. The van der Waals surface area contributed by atoms with Gasteiger partial charge in [-0.3, -0.25) is 9.10 Å². The lowest BCUT2D eigenvalue weighted by Gasteiger charge is -2.34. The predicted molar refractivity (Wildman–Crippen MR) is 102 cm³/mol. The molecule has 7 nitrogen and oxygen atoms in total. The van der Waals surface area contributed by atoms with Gasteiger partial charge in [0.2, 0.25) is 0 Å². The molecular weight excluding hydrogens is 392 g/mol. The van der Waals surface area contributed by atoms with Crippen LogP contribution in [-0.4, -0.2) is 47.2 Å². The lowest BCUT2D eigenvalue weighted by molar-refractivity contribution is -0.127. The van der Waals surface area contributed by atoms with Gasteiger partial charge in [-0.25, -0.2) is 8.42 Å². The zero-order chi connectivity index (χ0) is 19.4. The van der Waals surface area contributed by atoms with Crippen LogP contribution < -0.4 is 14.4 Å². The Labute approximate surface area is 162 Å². The molecule has 1 atom stereocenters. The first kappa shape index (κ1) is 19.5. The fourth-order valence-corrected chi connectivity index (χ4v) is 4.29. The quantitative estimate of drug-likeness (QED) is 0.737. The van der Waals surface area contributed by atoms with E-state index in [-0.39, 0.29) is 11.4 Å². The van der Waals surface area contributed by atoms with E-state index in [1.165, 1.54) is 35.7 Å². The third-order valence-corrected chi connectivity index (χ3v) is 6.08. The summed E-state index contributed by atoms with van der Waals surface area (Å²) in [6.07, 6.45) is -0.973. The predicted octanol–water partition coefficient (Wildman–Crippen LogP) is 2.06. The molecule has 27 heavy (non-hydrogen) atoms. The Morgan fingerprint density at radius 2 is 1.96 bits per heavy atom. The van der Waals surface area contributed by atoms with Gasteiger partial charge >= 0.3 is 0 Å². The summed E-state index contributed by atoms with van der Waals surface area (Å²) in [7, 11) is -2.37. The van der Waals surface area contributed by atoms with Crippen LogP contribution in [-0.2, 0) is 19.6 Å². The fourth-order valence-electron chi connectivity index (χ4n) is 2.69. The molecule has 0 aliphatic carbocycles. The summed E-state index contributed by atoms with van der Waals surface area (Å²) < 4.78 is 38.2. The molecule has 1 N–H and O–H groups in total. The highest BCUT2D eigenvalue weighted by molar-refractivity contribution is 7.92. The number of para-hydroxylation sites is 2. The largest absolute Gasteiger partial charge is 0.476 e. The number of rotatable bonds is 6. The van der Waals surface area contributed by atoms with E-state index in [4.69, 9.17) is 21.1 Å². The molecule has 1 aliphatic rings. The van der Waals surface area contributed by atoms with Gasteiger partial charge in [0.05, 0.1) is 23.7 Å². The van der Waals surface area contributed by atoms with Gasteiger partial charge in [0.25, 0.3) is 15.9 Å². The molecule has 1 aliphatic heterocycles. The van der Waals surface area contributed by atoms with Crippen LogP contribution in [0.5, 0.6) is 5.75 Å². The van der Waals surface area contributed by atoms with Crippen molar-refractivity contribution in [2.24, 2.45) is 0 Å². The highest BCUT2D eigenvalue weighted by atomic mass is 35.5. The van der Waals surface area contributed by atoms with Crippen LogP contribution in [0.15, 0.2) is 53.4 Å². The molecule has 2 aromatic rings. The molecule has 0 fully saturated rings. The van der Waals surface area contributed by atoms with Crippen LogP contribution in [0, 0.1) is 0 Å². The van der Waals surface area contributed by atoms with Crippen LogP contribution in [0.3, 0.4) is 0 Å². The van der Waals surface area contributed by atoms with Crippen molar-refractivity contribution < 1.29 is 22.7 Å². The average Bonchev–Trinajstić information content (AvgIpc) is 2.67. The van der Waals surface area contributed by atoms with E-state index in [0.29, 0.717) is 29.6 Å². The molecule has 0 unspecified atom stereocenters. The Hall–Kier alpha value is -2.29. The van der Waals surface area contributed by atoms with E-state index in [2.05, 4.69) is 5.32 Å². The number of hydrogen-bond donors (Lipinski definition) is 1. The second-order valence-electron chi connectivity index (χ2n) is 5.85. The van der Waals surface area contributed by atoms with E-state index in [9.17, 15) is 13.2 Å². The fraction of sp³-hybridized carbons (Fsp3) is 0.278. The smallest absolute Gasteiger partial charge is 0.264 e. The Bertz CT molecular complexity index is 918. The average molecular weight is 411 g/mol. The number of fused-ring (bicyclic) bond motifs is 1. The van der Waals surface area contributed by atoms with Crippen molar-refractivity contribution in [2.75, 3.05) is 31.1 Å². The minimum absolute atomic E-state index is 0.0853. The van der Waals surface area contributed by atoms with Crippen molar-refractivity contribution in [1.82, 2.24) is 5.32 Å². The monoisotopic (exact) mass is 410 g/mol. The molecule has 0 radical (unpaired) electrons. The molecule has 0 bridgehead atoms. The number of halogens is 1. The van der Waals surface area contributed by atoms with Crippen molar-refractivity contribution >= 4 is 33.2 Å². The second kappa shape index (κ2) is 8.16. The summed E-state index contributed by atoms with van der Waals surface area (Å²) in [6, 6.07) is 12.6. The molecule has 0 spiro atoms. The van der Waals surface area contributed by atoms with Crippen LogP contribution in [0.2, 0.25) is 5.02 Å². The van der Waals surface area contributed by atoms with Gasteiger partial charge in [-0.15, -0.1) is 0 Å². The third kappa shape index (κ3) is 4.18. The van der Waals surface area contributed by atoms with E-state index < -0.39 is 22.0 Å². The maximum Gasteiger partial charge on any atom is 0.264 e. The maximum absolute atomic E-state index is 13.2. The number of sulfonamides is 1. The zero-order valence-corrected chi connectivity index (χ0v) is 16.2. The number of hydrogen-bond acceptors (Lipinski definition) is 5. The summed E-state index contributed by atoms with van der Waals surface area (Å²) in [5.41, 5.74) is 0.383. The summed E-state index contributed by atoms with van der Waals surface area (Å²) in [4.78, 5) is 12.5. The molecule has 0 saturated heterocycles. The standard InChI is InChI=1S/C18H19ClN2O5S/c1-25-11-10-20-18(22)17-12-21(15-4-2-3-5-16(15)26-17)27(23,24)14-8-6-13(19)7-9-14/h2-9,17H,10-12H2,1H3,(H,20,22)/t17-/m0/s1. The van der Waals surface area contributed by atoms with Gasteiger partial charge in [0.15, 0.2) is 6.10 Å². The lowest BCUT2D eigenvalue weighted by atomic mass is 10.2. The number of anilines is 1. The molecule has 1 heterocycles. The van der Waals surface area contributed by atoms with E-state index in [1.807, 2.05) is 0 Å². The molecule has 1 amide bonds. The Morgan fingerprint density at radius 1 is 1.26 bits per heavy atom. The molecule has 9 heteroatoms. The number of benzene rings is 2. The number of methoxy groups -OCH3 is 1. The number of nitrogens with zero attached hydrogens (tertiary/aromatic N) is 1. The van der Waals surface area contributed by atoms with Gasteiger partial charge in [-0.05, 0) is 36.4 Å². The number of carbonyl (C=O) groups is 1. The number of nitrogens with one attached hydrogen (secondary N) is 1. The second-order valence-corrected chi connectivity index (χ2v) is 8.15. The highest BCUT2D eigenvalue weighted by Crippen LogP contribution is 2.36. The molecule has 0 saturated carbocycles. The Morgan fingerprint density at radius 3 is 2.67 bits per heavy atom. The van der Waals surface area contributed by atoms with Crippen LogP contribution in [0.4, 0.5) is 5.69 Å². The maximum atomic E-state index is 13.2. The van der Waals surface area contributed by atoms with Crippen LogP contribution in [0.25, 0.3) is 0 Å². The van der Waals surface area contributed by atoms with E-state index in [0.717, 1.165) is 0 Å². The summed E-state index contributed by atoms with van der Waals surface area (Å²) in [5.74, 6) is -0.0777. The summed E-state index contributed by atoms with van der Waals surface area (Å²) in [6.45, 7) is 0.517. The molecule has 144 valence electrons. The lowest BCUT2D eigenvalue weighted by Crippen LogP contribution is -2.51. The van der Waals surface area contributed by atoms with E-state index >= 15 is 0 Å². The van der Waals surface area contributed by atoms with Gasteiger partial charge in [-0.1, -0.05) is 23.7 Å². The molecule has 0 aromatic heterocycles. The normalized spacial score (nSPS) is 16.4. The highest BCUT2D eigenvalue weighted by Gasteiger charge is 2.37. The first-order valence-corrected chi connectivity index (χ1v) is 10.1. The van der Waals surface area contributed by atoms with Crippen LogP contribution >= 0.6 is 11.6 Å². The van der Waals surface area contributed by atoms with Crippen molar-refractivity contribution in [3.8, 4) is 5.75 Å². The van der Waals surface area contributed by atoms with Gasteiger partial charge in [0.1, 0.15) is 5.75 Å². The van der Waals surface area contributed by atoms with Gasteiger partial charge in [0, 0.05) is 18.7 Å². The first-order chi connectivity index (χ1) is 12.9. The van der Waals surface area contributed by atoms with Crippen molar-refractivity contribution in [1.29, 1.82) is 0 Å². The number of amides is 1. The first-order valence-electron chi connectivity index (χ1n) is 8.24. The molecule has 3 rings (SSSR count). The SMILES string of the molecule is COCCNC(=O)[C@@H]1CN(S(=O)(=O)c2ccc(Cl)cc2)c2ccccc2O1. The Kier molecular flexibility index (Phi) is 5.88. The third-order valence-electron chi connectivity index (χ3n) is 4.03. The molecule has 2 aromatic carbocycles. The minimum atomic E-state index is -3.89. The van der Waals surface area contributed by atoms with Gasteiger partial charge < -0.3 is 14.8 Å². The topological polar surface area (TPSA) is 84.9 Å². The van der Waals surface area contributed by atoms with Crippen molar-refractivity contribution in [3.05, 3.63) is 53.6 Å². The van der Waals surface area contributed by atoms with Crippen molar-refractivity contribution in [2.45, 2.75) is 11.0 Å². The Balaban J connectivity index is 1.93. The van der Waals surface area contributed by atoms with Gasteiger partial charge in [-0.2, -0.15) is 0 Å². The zero-order valence-electron chi connectivity index (χ0n) is 14.6.